The molecule has 1 heterocycles. The molecule has 0 fully saturated rings. The summed E-state index contributed by atoms with van der Waals surface area (Å²) >= 11 is 0.915. The number of anilines is 1. The zero-order chi connectivity index (χ0) is 14.9. The molecule has 1 N–H and O–H groups in total. The molecule has 0 radical (unpaired) electrons. The number of methoxy groups -OCH3 is 1. The van der Waals surface area contributed by atoms with Gasteiger partial charge >= 0.3 is 5.97 Å². The second-order valence-electron chi connectivity index (χ2n) is 3.92. The van der Waals surface area contributed by atoms with E-state index in [0.29, 0.717) is 0 Å². The number of carbonyl (C=O) groups is 1. The number of halogens is 1. The number of ether oxygens (including phenoxy) is 1. The summed E-state index contributed by atoms with van der Waals surface area (Å²) in [7, 11) is -2.74. The molecule has 0 saturated heterocycles. The van der Waals surface area contributed by atoms with E-state index in [1.165, 1.54) is 13.2 Å². The van der Waals surface area contributed by atoms with Gasteiger partial charge < -0.3 is 10.1 Å². The van der Waals surface area contributed by atoms with Crippen LogP contribution < -0.4 is 5.32 Å². The summed E-state index contributed by atoms with van der Waals surface area (Å²) in [6, 6.07) is 3.34. The summed E-state index contributed by atoms with van der Waals surface area (Å²) in [5.74, 6) is -1.16. The van der Waals surface area contributed by atoms with Crippen molar-refractivity contribution in [2.45, 2.75) is 17.1 Å². The average molecular weight is 318 g/mol. The van der Waals surface area contributed by atoms with Gasteiger partial charge in [-0.2, -0.15) is 8.42 Å². The van der Waals surface area contributed by atoms with Gasteiger partial charge in [-0.1, -0.05) is 11.8 Å². The highest BCUT2D eigenvalue weighted by atomic mass is 32.2. The number of fused-ring (bicyclic) bond motifs is 1. The number of hydrogen-bond donors (Lipinski definition) is 1. The Kier molecular flexibility index (Phi) is 4.00. The quantitative estimate of drug-likeness (QED) is 0.834. The van der Waals surface area contributed by atoms with Crippen LogP contribution in [0, 0.1) is 5.82 Å². The van der Waals surface area contributed by atoms with Crippen LogP contribution in [0.3, 0.4) is 0 Å². The molecule has 9 heteroatoms. The molecule has 20 heavy (non-hydrogen) atoms. The maximum Gasteiger partial charge on any atom is 0.318 e. The SMILES string of the molecule is COC(=O)[C@@H](C)SC1=NS(=O)(=O)c2cc(F)ccc2N1. The zero-order valence-corrected chi connectivity index (χ0v) is 12.2. The van der Waals surface area contributed by atoms with Gasteiger partial charge in [0.2, 0.25) is 0 Å². The predicted molar refractivity (Wildman–Crippen MR) is 73.7 cm³/mol. The minimum atomic E-state index is -3.98. The number of rotatable bonds is 2. The molecule has 1 aliphatic heterocycles. The molecule has 1 aliphatic rings. The standard InChI is InChI=1S/C11H11FN2O4S2/c1-6(10(15)18-2)19-11-13-8-4-3-7(12)5-9(8)20(16,17)14-11/h3-6H,1-2H3,(H,13,14)/t6-/m1/s1. The fourth-order valence-electron chi connectivity index (χ4n) is 1.54. The lowest BCUT2D eigenvalue weighted by Crippen LogP contribution is -2.24. The molecular weight excluding hydrogens is 307 g/mol. The largest absolute Gasteiger partial charge is 0.468 e. The first-order valence-electron chi connectivity index (χ1n) is 5.49. The van der Waals surface area contributed by atoms with Crippen molar-refractivity contribution in [1.29, 1.82) is 0 Å². The van der Waals surface area contributed by atoms with Crippen LogP contribution in [0.5, 0.6) is 0 Å². The number of nitrogens with zero attached hydrogens (tertiary/aromatic N) is 1. The van der Waals surface area contributed by atoms with Crippen LogP contribution in [0.15, 0.2) is 27.5 Å². The lowest BCUT2D eigenvalue weighted by molar-refractivity contribution is -0.139. The van der Waals surface area contributed by atoms with Crippen LogP contribution >= 0.6 is 11.8 Å². The fourth-order valence-corrected chi connectivity index (χ4v) is 3.73. The molecule has 0 saturated carbocycles. The van der Waals surface area contributed by atoms with Crippen molar-refractivity contribution in [2.24, 2.45) is 4.40 Å². The van der Waals surface area contributed by atoms with E-state index in [2.05, 4.69) is 14.5 Å². The zero-order valence-electron chi connectivity index (χ0n) is 10.6. The Morgan fingerprint density at radius 2 is 2.20 bits per heavy atom. The Bertz CT molecular complexity index is 688. The van der Waals surface area contributed by atoms with Gasteiger partial charge in [0.1, 0.15) is 16.0 Å². The molecule has 0 unspecified atom stereocenters. The minimum Gasteiger partial charge on any atom is -0.468 e. The van der Waals surface area contributed by atoms with E-state index in [0.717, 1.165) is 23.9 Å². The van der Waals surface area contributed by atoms with Crippen molar-refractivity contribution in [3.63, 3.8) is 0 Å². The van der Waals surface area contributed by atoms with E-state index in [1.807, 2.05) is 0 Å². The number of amidine groups is 1. The van der Waals surface area contributed by atoms with Crippen LogP contribution in [0.4, 0.5) is 10.1 Å². The van der Waals surface area contributed by atoms with E-state index < -0.39 is 27.1 Å². The van der Waals surface area contributed by atoms with Gasteiger partial charge in [-0.05, 0) is 25.1 Å². The van der Waals surface area contributed by atoms with Gasteiger partial charge in [-0.25, -0.2) is 4.39 Å². The maximum absolute atomic E-state index is 13.1. The number of esters is 1. The molecule has 0 amide bonds. The number of thioether (sulfide) groups is 1. The summed E-state index contributed by atoms with van der Waals surface area (Å²) in [5, 5.41) is 2.17. The Hall–Kier alpha value is -1.61. The van der Waals surface area contributed by atoms with E-state index in [4.69, 9.17) is 0 Å². The van der Waals surface area contributed by atoms with E-state index in [-0.39, 0.29) is 15.8 Å². The molecule has 0 bridgehead atoms. The van der Waals surface area contributed by atoms with Gasteiger partial charge in [0.05, 0.1) is 12.8 Å². The Morgan fingerprint density at radius 1 is 1.50 bits per heavy atom. The van der Waals surface area contributed by atoms with Crippen LogP contribution in [0.25, 0.3) is 0 Å². The molecule has 2 rings (SSSR count). The molecule has 6 nitrogen and oxygen atoms in total. The molecule has 1 aromatic carbocycles. The normalized spacial score (nSPS) is 17.4. The molecular formula is C11H11FN2O4S2. The Morgan fingerprint density at radius 3 is 2.85 bits per heavy atom. The van der Waals surface area contributed by atoms with Gasteiger partial charge in [-0.3, -0.25) is 4.79 Å². The van der Waals surface area contributed by atoms with Crippen molar-refractivity contribution < 1.29 is 22.3 Å². The summed E-state index contributed by atoms with van der Waals surface area (Å²) in [6.07, 6.45) is 0. The highest BCUT2D eigenvalue weighted by Gasteiger charge is 2.28. The number of hydrogen-bond acceptors (Lipinski definition) is 6. The van der Waals surface area contributed by atoms with Crippen molar-refractivity contribution in [2.75, 3.05) is 12.4 Å². The maximum atomic E-state index is 13.1. The lowest BCUT2D eigenvalue weighted by Gasteiger charge is -2.19. The first kappa shape index (κ1) is 14.8. The number of benzene rings is 1. The third-order valence-electron chi connectivity index (χ3n) is 2.49. The topological polar surface area (TPSA) is 84.8 Å². The van der Waals surface area contributed by atoms with Crippen molar-refractivity contribution in [1.82, 2.24) is 0 Å². The van der Waals surface area contributed by atoms with Crippen molar-refractivity contribution >= 4 is 38.6 Å². The van der Waals surface area contributed by atoms with E-state index >= 15 is 0 Å². The minimum absolute atomic E-state index is 0.0435. The molecule has 0 aromatic heterocycles. The van der Waals surface area contributed by atoms with Crippen LogP contribution in [-0.2, 0) is 19.6 Å². The molecule has 1 aromatic rings. The van der Waals surface area contributed by atoms with Crippen LogP contribution in [0.2, 0.25) is 0 Å². The third-order valence-corrected chi connectivity index (χ3v) is 4.88. The number of nitrogens with one attached hydrogen (secondary N) is 1. The average Bonchev–Trinajstić information content (AvgIpc) is 2.38. The van der Waals surface area contributed by atoms with Crippen LogP contribution in [0.1, 0.15) is 6.92 Å². The fraction of sp³-hybridized carbons (Fsp3) is 0.273. The van der Waals surface area contributed by atoms with Gasteiger partial charge in [0.15, 0.2) is 5.17 Å². The first-order valence-corrected chi connectivity index (χ1v) is 7.81. The number of carbonyl (C=O) groups excluding carboxylic acids is 1. The molecule has 108 valence electrons. The molecule has 0 aliphatic carbocycles. The van der Waals surface area contributed by atoms with E-state index in [1.54, 1.807) is 6.92 Å². The second-order valence-corrected chi connectivity index (χ2v) is 6.82. The monoisotopic (exact) mass is 318 g/mol. The Balaban J connectivity index is 2.31. The predicted octanol–water partition coefficient (Wildman–Crippen LogP) is 1.59. The summed E-state index contributed by atoms with van der Waals surface area (Å²) in [5.41, 5.74) is 0.223. The first-order chi connectivity index (χ1) is 9.33. The molecule has 0 spiro atoms. The third kappa shape index (κ3) is 2.93. The van der Waals surface area contributed by atoms with Crippen LogP contribution in [-0.4, -0.2) is 31.9 Å². The van der Waals surface area contributed by atoms with E-state index in [9.17, 15) is 17.6 Å². The summed E-state index contributed by atoms with van der Waals surface area (Å²) in [4.78, 5) is 11.1. The van der Waals surface area contributed by atoms with Crippen molar-refractivity contribution in [3.05, 3.63) is 24.0 Å². The summed E-state index contributed by atoms with van der Waals surface area (Å²) in [6.45, 7) is 1.56. The molecule has 1 atom stereocenters. The highest BCUT2D eigenvalue weighted by Crippen LogP contribution is 2.31. The second kappa shape index (κ2) is 5.41. The van der Waals surface area contributed by atoms with Gasteiger partial charge in [-0.15, -0.1) is 4.40 Å². The number of sulfonamides is 1. The lowest BCUT2D eigenvalue weighted by atomic mass is 10.3. The smallest absolute Gasteiger partial charge is 0.318 e. The van der Waals surface area contributed by atoms with Gasteiger partial charge in [0.25, 0.3) is 10.0 Å². The summed E-state index contributed by atoms with van der Waals surface area (Å²) < 4.78 is 45.0. The Labute approximate surface area is 119 Å². The van der Waals surface area contributed by atoms with Gasteiger partial charge in [0, 0.05) is 0 Å². The highest BCUT2D eigenvalue weighted by molar-refractivity contribution is 8.15. The van der Waals surface area contributed by atoms with Crippen molar-refractivity contribution in [3.8, 4) is 0 Å².